The molecule has 13 atom stereocenters. The highest BCUT2D eigenvalue weighted by molar-refractivity contribution is 7.99. The number of anilines is 2. The number of carbonyl (C=O) groups excluding carboxylic acids is 2. The number of hydrogen-bond donors (Lipinski definition) is 0. The van der Waals surface area contributed by atoms with E-state index in [-0.39, 0.29) is 69.6 Å². The molecular weight excluding hydrogens is 1210 g/mol. The predicted molar refractivity (Wildman–Crippen MR) is 400 cm³/mol. The van der Waals surface area contributed by atoms with Gasteiger partial charge in [0.05, 0.1) is 11.4 Å². The van der Waals surface area contributed by atoms with Crippen molar-refractivity contribution < 1.29 is 18.4 Å². The first-order chi connectivity index (χ1) is 44.4. The molecule has 2 fully saturated rings. The average molecular weight is 1320 g/mol. The van der Waals surface area contributed by atoms with Gasteiger partial charge in [0.1, 0.15) is 0 Å². The molecule has 1 heterocycles. The van der Waals surface area contributed by atoms with Crippen LogP contribution in [0.1, 0.15) is 135 Å². The summed E-state index contributed by atoms with van der Waals surface area (Å²) < 4.78 is 16.5. The number of allylic oxidation sites excluding steroid dienone is 4. The van der Waals surface area contributed by atoms with E-state index >= 15 is 9.59 Å². The van der Waals surface area contributed by atoms with Crippen molar-refractivity contribution in [2.75, 3.05) is 35.4 Å². The van der Waals surface area contributed by atoms with Crippen molar-refractivity contribution in [2.45, 2.75) is 167 Å². The summed E-state index contributed by atoms with van der Waals surface area (Å²) in [4.78, 5) is 38.8. The SMILES string of the molecule is CC1=C[C@@H]2[C@H]3C[C@@H](O[Si](c4ccccc4)(c4ccccc4)C(C)(C)C)C[C@@H]2[C@@H](C1)[C@@H](C(C)C)CSc1ccccc1N(C)C(=O)[C@@H]1C[C@@H](O[Si](c2ccccc2)(c2ccccc2)C(C)(C)C)C[C@H]2[C@@H]1C=C(C)C[C@H]2[C@H](C(C)C)CCSc1ccccc1N(C)C(=O)[C@H]3C. The normalized spacial score (nSPS) is 28.0. The van der Waals surface area contributed by atoms with E-state index in [1.165, 1.54) is 31.9 Å². The summed E-state index contributed by atoms with van der Waals surface area (Å²) in [7, 11) is -1.90. The lowest BCUT2D eigenvalue weighted by Gasteiger charge is -2.53. The topological polar surface area (TPSA) is 59.1 Å². The number of nitrogens with zero attached hydrogens (tertiary/aromatic N) is 2. The van der Waals surface area contributed by atoms with Gasteiger partial charge in [0.25, 0.3) is 16.6 Å². The van der Waals surface area contributed by atoms with Gasteiger partial charge >= 0.3 is 0 Å². The summed E-state index contributed by atoms with van der Waals surface area (Å²) >= 11 is 3.86. The number of carbonyl (C=O) groups is 2. The molecule has 10 heteroatoms. The lowest BCUT2D eigenvalue weighted by atomic mass is 9.56. The van der Waals surface area contributed by atoms with Crippen LogP contribution in [0.4, 0.5) is 11.4 Å². The number of fused-ring (bicyclic) bond motifs is 2. The fraction of sp³-hybridized carbons (Fsp3) is 0.494. The fourth-order valence-corrected chi connectivity index (χ4v) is 30.8. The van der Waals surface area contributed by atoms with Crippen LogP contribution in [0.3, 0.4) is 0 Å². The van der Waals surface area contributed by atoms with Crippen molar-refractivity contribution in [3.8, 4) is 0 Å². The minimum absolute atomic E-state index is 0.0582. The minimum atomic E-state index is -3.02. The first-order valence-corrected chi connectivity index (χ1v) is 41.1. The summed E-state index contributed by atoms with van der Waals surface area (Å²) in [5, 5.41) is 4.72. The molecule has 0 unspecified atom stereocenters. The molecule has 494 valence electrons. The molecule has 6 nitrogen and oxygen atoms in total. The Hall–Kier alpha value is -5.21. The molecule has 0 spiro atoms. The highest BCUT2D eigenvalue weighted by atomic mass is 32.2. The lowest BCUT2D eigenvalue weighted by Crippen LogP contribution is -2.68. The van der Waals surface area contributed by atoms with Crippen molar-refractivity contribution in [1.82, 2.24) is 0 Å². The van der Waals surface area contributed by atoms with Crippen molar-refractivity contribution in [3.05, 3.63) is 193 Å². The second-order valence-electron chi connectivity index (χ2n) is 31.5. The van der Waals surface area contributed by atoms with Crippen LogP contribution in [-0.4, -0.2) is 66.3 Å². The quantitative estimate of drug-likeness (QED) is 0.101. The third kappa shape index (κ3) is 13.9. The van der Waals surface area contributed by atoms with Gasteiger partial charge in [-0.25, -0.2) is 0 Å². The third-order valence-corrected chi connectivity index (χ3v) is 35.7. The molecule has 1 aliphatic heterocycles. The molecule has 0 saturated heterocycles. The average Bonchev–Trinajstić information content (AvgIpc) is 0.764. The number of benzene rings is 6. The molecule has 8 bridgehead atoms. The second-order valence-corrected chi connectivity index (χ2v) is 42.3. The monoisotopic (exact) mass is 1320 g/mol. The molecule has 2 saturated carbocycles. The summed E-state index contributed by atoms with van der Waals surface area (Å²) in [5.41, 5.74) is 4.83. The smallest absolute Gasteiger partial charge is 0.261 e. The molecule has 0 aromatic heterocycles. The van der Waals surface area contributed by atoms with Crippen LogP contribution in [0.15, 0.2) is 203 Å². The van der Waals surface area contributed by atoms with Crippen LogP contribution in [0.2, 0.25) is 10.1 Å². The van der Waals surface area contributed by atoms with Crippen LogP contribution < -0.4 is 30.5 Å². The zero-order valence-electron chi connectivity index (χ0n) is 58.7. The Balaban J connectivity index is 1.03. The van der Waals surface area contributed by atoms with Gasteiger partial charge in [0.15, 0.2) is 0 Å². The van der Waals surface area contributed by atoms with E-state index < -0.39 is 16.6 Å². The molecule has 0 N–H and O–H groups in total. The van der Waals surface area contributed by atoms with Crippen LogP contribution in [0.5, 0.6) is 0 Å². The zero-order valence-corrected chi connectivity index (χ0v) is 62.3. The van der Waals surface area contributed by atoms with Crippen molar-refractivity contribution in [3.63, 3.8) is 0 Å². The molecule has 93 heavy (non-hydrogen) atoms. The molecule has 11 rings (SSSR count). The van der Waals surface area contributed by atoms with E-state index in [0.29, 0.717) is 47.8 Å². The number of amides is 2. The highest BCUT2D eigenvalue weighted by Gasteiger charge is 2.57. The number of rotatable bonds is 10. The minimum Gasteiger partial charge on any atom is -0.404 e. The first-order valence-electron chi connectivity index (χ1n) is 35.3. The van der Waals surface area contributed by atoms with E-state index in [9.17, 15) is 0 Å². The molecule has 0 radical (unpaired) electrons. The summed E-state index contributed by atoms with van der Waals surface area (Å²) in [6.07, 6.45) is 11.3. The maximum absolute atomic E-state index is 16.4. The zero-order chi connectivity index (χ0) is 66.1. The predicted octanol–water partition coefficient (Wildman–Crippen LogP) is 18.2. The van der Waals surface area contributed by atoms with Crippen molar-refractivity contribution >= 4 is 84.1 Å². The molecule has 5 aliphatic rings. The Kier molecular flexibility index (Phi) is 21.5. The first kappa shape index (κ1) is 69.2. The van der Waals surface area contributed by atoms with Gasteiger partial charge in [0, 0.05) is 53.7 Å². The Morgan fingerprint density at radius 2 is 0.839 bits per heavy atom. The Morgan fingerprint density at radius 3 is 1.29 bits per heavy atom. The summed E-state index contributed by atoms with van der Waals surface area (Å²) in [6, 6.07) is 62.0. The van der Waals surface area contributed by atoms with Gasteiger partial charge in [-0.1, -0.05) is 245 Å². The van der Waals surface area contributed by atoms with Crippen LogP contribution in [0, 0.1) is 76.9 Å². The van der Waals surface area contributed by atoms with Crippen LogP contribution in [0.25, 0.3) is 0 Å². The lowest BCUT2D eigenvalue weighted by molar-refractivity contribution is -0.128. The van der Waals surface area contributed by atoms with E-state index in [1.807, 2.05) is 35.5 Å². The summed E-state index contributed by atoms with van der Waals surface area (Å²) in [6.45, 7) is 31.1. The Bertz CT molecular complexity index is 3480. The van der Waals surface area contributed by atoms with Gasteiger partial charge < -0.3 is 18.7 Å². The van der Waals surface area contributed by atoms with Gasteiger partial charge in [0.2, 0.25) is 11.8 Å². The van der Waals surface area contributed by atoms with Gasteiger partial charge in [-0.2, -0.15) is 0 Å². The maximum Gasteiger partial charge on any atom is 0.261 e. The van der Waals surface area contributed by atoms with Crippen molar-refractivity contribution in [1.29, 1.82) is 0 Å². The Labute approximate surface area is 571 Å². The Morgan fingerprint density at radius 1 is 0.462 bits per heavy atom. The highest BCUT2D eigenvalue weighted by Crippen LogP contribution is 2.56. The number of thioether (sulfide) groups is 2. The number of para-hydroxylation sites is 2. The fourth-order valence-electron chi connectivity index (χ4n) is 18.7. The van der Waals surface area contributed by atoms with Crippen LogP contribution >= 0.6 is 23.5 Å². The summed E-state index contributed by atoms with van der Waals surface area (Å²) in [5.74, 6) is 4.79. The van der Waals surface area contributed by atoms with E-state index in [4.69, 9.17) is 8.85 Å². The molecule has 6 aromatic carbocycles. The second kappa shape index (κ2) is 28.9. The largest absolute Gasteiger partial charge is 0.404 e. The molecule has 2 amide bonds. The van der Waals surface area contributed by atoms with Gasteiger partial charge in [-0.05, 0) is 185 Å². The van der Waals surface area contributed by atoms with E-state index in [2.05, 4.69) is 284 Å². The van der Waals surface area contributed by atoms with Gasteiger partial charge in [-0.3, -0.25) is 9.59 Å². The van der Waals surface area contributed by atoms with Crippen LogP contribution in [-0.2, 0) is 18.4 Å². The molecule has 6 aromatic rings. The number of hydrogen-bond acceptors (Lipinski definition) is 6. The van der Waals surface area contributed by atoms with E-state index in [0.717, 1.165) is 71.2 Å². The van der Waals surface area contributed by atoms with E-state index in [1.54, 1.807) is 0 Å². The maximum atomic E-state index is 16.4. The molecular formula is C83H108N2O4S2Si2. The molecule has 4 aliphatic carbocycles. The standard InChI is InChI=1S/C83H108N2O4S2Si2/c1-55(2)66-44-45-90-78-42-30-28-40-76(78)84(14)80(86)59(7)67-50-60(88-92(82(8,9)10,62-32-20-16-21-33-62)63-34-22-17-23-35-63)51-73-69(67)47-58(6)49-71(73)75(56(3)4)54-91-79-43-31-29-41-77(79)85(15)81(87)74-53-61(52-72-68(66)46-57(5)48-70(72)74)89-93(83(11,12)13,64-36-24-18-25-37-64)65-38-26-19-27-39-65/h16-43,47-48,55-56,59-61,66-75H,44-46,49-54H2,1-15H3/t59-,60+,61-,66-,67-,68-,69+,70-,71+,72+,73-,74+,75+/m0/s1. The van der Waals surface area contributed by atoms with Crippen molar-refractivity contribution in [2.24, 2.45) is 76.9 Å². The third-order valence-electron chi connectivity index (χ3n) is 23.2. The van der Waals surface area contributed by atoms with Gasteiger partial charge in [-0.15, -0.1) is 23.5 Å².